The first-order valence-corrected chi connectivity index (χ1v) is 3.51. The summed E-state index contributed by atoms with van der Waals surface area (Å²) in [6, 6.07) is 0. The predicted octanol–water partition coefficient (Wildman–Crippen LogP) is 0.372. The molecule has 5 nitrogen and oxygen atoms in total. The van der Waals surface area contributed by atoms with E-state index in [9.17, 15) is 14.4 Å². The Kier molecular flexibility index (Phi) is 2.42. The molecule has 0 aliphatic heterocycles. The highest BCUT2D eigenvalue weighted by Crippen LogP contribution is 2.14. The molecule has 0 spiro atoms. The predicted molar refractivity (Wildman–Crippen MR) is 36.8 cm³/mol. The Morgan fingerprint density at radius 1 is 1.33 bits per heavy atom. The van der Waals surface area contributed by atoms with E-state index >= 15 is 0 Å². The molecular formula is C7H8O5. The smallest absolute Gasteiger partial charge is 0.450 e. The third kappa shape index (κ3) is 2.34. The van der Waals surface area contributed by atoms with Crippen LogP contribution in [0.4, 0.5) is 4.79 Å². The Labute approximate surface area is 68.3 Å². The number of hydrogen-bond donors (Lipinski definition) is 1. The van der Waals surface area contributed by atoms with Crippen LogP contribution in [0.25, 0.3) is 0 Å². The lowest BCUT2D eigenvalue weighted by molar-refractivity contribution is -0.133. The molecule has 0 aromatic carbocycles. The van der Waals surface area contributed by atoms with Crippen molar-refractivity contribution in [3.8, 4) is 0 Å². The van der Waals surface area contributed by atoms with Crippen LogP contribution in [0.5, 0.6) is 0 Å². The summed E-state index contributed by atoms with van der Waals surface area (Å²) in [7, 11) is 0. The van der Waals surface area contributed by atoms with E-state index in [0.717, 1.165) is 0 Å². The van der Waals surface area contributed by atoms with E-state index < -0.39 is 12.3 Å². The van der Waals surface area contributed by atoms with Gasteiger partial charge in [-0.3, -0.25) is 9.59 Å². The molecule has 0 aromatic heterocycles. The second-order valence-electron chi connectivity index (χ2n) is 2.67. The second kappa shape index (κ2) is 3.34. The van der Waals surface area contributed by atoms with E-state index in [1.807, 2.05) is 0 Å². The van der Waals surface area contributed by atoms with Crippen molar-refractivity contribution in [2.24, 2.45) is 0 Å². The van der Waals surface area contributed by atoms with Gasteiger partial charge < -0.3 is 9.84 Å². The fourth-order valence-corrected chi connectivity index (χ4v) is 1.17. The van der Waals surface area contributed by atoms with Crippen LogP contribution in [0.15, 0.2) is 0 Å². The largest absolute Gasteiger partial charge is 0.506 e. The van der Waals surface area contributed by atoms with Gasteiger partial charge in [0.05, 0.1) is 6.42 Å². The fourth-order valence-electron chi connectivity index (χ4n) is 1.17. The van der Waals surface area contributed by atoms with Gasteiger partial charge in [0.1, 0.15) is 17.7 Å². The topological polar surface area (TPSA) is 80.7 Å². The summed E-state index contributed by atoms with van der Waals surface area (Å²) < 4.78 is 4.31. The zero-order valence-corrected chi connectivity index (χ0v) is 6.28. The number of hydrogen-bond acceptors (Lipinski definition) is 4. The van der Waals surface area contributed by atoms with Crippen molar-refractivity contribution in [3.63, 3.8) is 0 Å². The standard InChI is InChI=1S/C7H8O5/c8-4-1-5(9)3-6(2-4)12-7(10)11/h6H,1-3H2,(H,10,11). The molecule has 0 unspecified atom stereocenters. The zero-order chi connectivity index (χ0) is 9.14. The highest BCUT2D eigenvalue weighted by Gasteiger charge is 2.27. The Hall–Kier alpha value is -1.39. The molecule has 0 saturated heterocycles. The van der Waals surface area contributed by atoms with Gasteiger partial charge in [-0.2, -0.15) is 0 Å². The van der Waals surface area contributed by atoms with Gasteiger partial charge in [0.15, 0.2) is 0 Å². The average Bonchev–Trinajstić information content (AvgIpc) is 1.81. The number of ketones is 2. The summed E-state index contributed by atoms with van der Waals surface area (Å²) in [6.07, 6.45) is -2.24. The molecule has 5 heteroatoms. The third-order valence-electron chi connectivity index (χ3n) is 1.57. The molecule has 0 radical (unpaired) electrons. The Bertz CT molecular complexity index is 213. The summed E-state index contributed by atoms with van der Waals surface area (Å²) in [5.41, 5.74) is 0. The number of ether oxygens (including phenoxy) is 1. The maximum Gasteiger partial charge on any atom is 0.506 e. The van der Waals surface area contributed by atoms with Crippen LogP contribution in [0.2, 0.25) is 0 Å². The summed E-state index contributed by atoms with van der Waals surface area (Å²) >= 11 is 0. The normalized spacial score (nSPS) is 19.3. The first-order chi connectivity index (χ1) is 5.58. The molecule has 1 fully saturated rings. The van der Waals surface area contributed by atoms with Crippen molar-refractivity contribution in [3.05, 3.63) is 0 Å². The second-order valence-corrected chi connectivity index (χ2v) is 2.67. The third-order valence-corrected chi connectivity index (χ3v) is 1.57. The minimum atomic E-state index is -1.44. The SMILES string of the molecule is O=C1CC(=O)CC(OC(=O)O)C1. The summed E-state index contributed by atoms with van der Waals surface area (Å²) in [4.78, 5) is 31.6. The van der Waals surface area contributed by atoms with Crippen molar-refractivity contribution < 1.29 is 24.2 Å². The lowest BCUT2D eigenvalue weighted by Gasteiger charge is -2.18. The first-order valence-electron chi connectivity index (χ1n) is 3.51. The van der Waals surface area contributed by atoms with E-state index in [-0.39, 0.29) is 30.8 Å². The molecular weight excluding hydrogens is 164 g/mol. The Balaban J connectivity index is 2.49. The van der Waals surface area contributed by atoms with Crippen LogP contribution < -0.4 is 0 Å². The number of carbonyl (C=O) groups is 3. The maximum atomic E-state index is 10.8. The molecule has 12 heavy (non-hydrogen) atoms. The van der Waals surface area contributed by atoms with Crippen molar-refractivity contribution in [1.82, 2.24) is 0 Å². The quantitative estimate of drug-likeness (QED) is 0.456. The van der Waals surface area contributed by atoms with Crippen LogP contribution >= 0.6 is 0 Å². The molecule has 0 heterocycles. The van der Waals surface area contributed by atoms with Crippen LogP contribution in [0, 0.1) is 0 Å². The molecule has 66 valence electrons. The van der Waals surface area contributed by atoms with Gasteiger partial charge in [-0.05, 0) is 0 Å². The Morgan fingerprint density at radius 2 is 1.83 bits per heavy atom. The molecule has 0 atom stereocenters. The van der Waals surface area contributed by atoms with Gasteiger partial charge >= 0.3 is 6.16 Å². The van der Waals surface area contributed by atoms with E-state index in [1.165, 1.54) is 0 Å². The first kappa shape index (κ1) is 8.70. The zero-order valence-electron chi connectivity index (χ0n) is 6.28. The molecule has 0 aromatic rings. The molecule has 0 bridgehead atoms. The van der Waals surface area contributed by atoms with Gasteiger partial charge in [-0.15, -0.1) is 0 Å². The van der Waals surface area contributed by atoms with E-state index in [1.54, 1.807) is 0 Å². The van der Waals surface area contributed by atoms with Crippen LogP contribution in [0.1, 0.15) is 19.3 Å². The van der Waals surface area contributed by atoms with E-state index in [0.29, 0.717) is 0 Å². The molecule has 1 aliphatic rings. The molecule has 1 saturated carbocycles. The fraction of sp³-hybridized carbons (Fsp3) is 0.571. The monoisotopic (exact) mass is 172 g/mol. The average molecular weight is 172 g/mol. The summed E-state index contributed by atoms with van der Waals surface area (Å²) in [5.74, 6) is -0.505. The van der Waals surface area contributed by atoms with E-state index in [4.69, 9.17) is 5.11 Å². The number of carboxylic acid groups (broad SMARTS) is 1. The van der Waals surface area contributed by atoms with Gasteiger partial charge in [0.2, 0.25) is 0 Å². The lowest BCUT2D eigenvalue weighted by atomic mass is 9.95. The van der Waals surface area contributed by atoms with E-state index in [2.05, 4.69) is 4.74 Å². The van der Waals surface area contributed by atoms with Gasteiger partial charge in [-0.25, -0.2) is 4.79 Å². The minimum absolute atomic E-state index is 0.0258. The van der Waals surface area contributed by atoms with Gasteiger partial charge in [-0.1, -0.05) is 0 Å². The molecule has 1 rings (SSSR count). The lowest BCUT2D eigenvalue weighted by Crippen LogP contribution is -2.30. The molecule has 1 aliphatic carbocycles. The number of Topliss-reactive ketones (excluding diaryl/α,β-unsaturated/α-hetero) is 2. The van der Waals surface area contributed by atoms with Crippen molar-refractivity contribution in [2.75, 3.05) is 0 Å². The van der Waals surface area contributed by atoms with Crippen molar-refractivity contribution >= 4 is 17.7 Å². The highest BCUT2D eigenvalue weighted by molar-refractivity contribution is 6.02. The van der Waals surface area contributed by atoms with Gasteiger partial charge in [0.25, 0.3) is 0 Å². The minimum Gasteiger partial charge on any atom is -0.450 e. The summed E-state index contributed by atoms with van der Waals surface area (Å²) in [6.45, 7) is 0. The molecule has 0 amide bonds. The maximum absolute atomic E-state index is 10.8. The highest BCUT2D eigenvalue weighted by atomic mass is 16.7. The van der Waals surface area contributed by atoms with Gasteiger partial charge in [0, 0.05) is 12.8 Å². The molecule has 1 N–H and O–H groups in total. The number of carbonyl (C=O) groups excluding carboxylic acids is 2. The number of rotatable bonds is 1. The van der Waals surface area contributed by atoms with Crippen molar-refractivity contribution in [2.45, 2.75) is 25.4 Å². The van der Waals surface area contributed by atoms with Crippen LogP contribution in [0.3, 0.4) is 0 Å². The summed E-state index contributed by atoms with van der Waals surface area (Å²) in [5, 5.41) is 8.19. The Morgan fingerprint density at radius 3 is 2.25 bits per heavy atom. The van der Waals surface area contributed by atoms with Crippen LogP contribution in [-0.4, -0.2) is 28.9 Å². The van der Waals surface area contributed by atoms with Crippen molar-refractivity contribution in [1.29, 1.82) is 0 Å². The van der Waals surface area contributed by atoms with Crippen LogP contribution in [-0.2, 0) is 14.3 Å².